The van der Waals surface area contributed by atoms with Crippen LogP contribution in [0.5, 0.6) is 0 Å². The van der Waals surface area contributed by atoms with E-state index in [1.807, 2.05) is 33.8 Å². The van der Waals surface area contributed by atoms with Crippen LogP contribution in [0.4, 0.5) is 4.79 Å². The van der Waals surface area contributed by atoms with Crippen LogP contribution in [-0.4, -0.2) is 54.3 Å². The number of nitrogens with zero attached hydrogens (tertiary/aromatic N) is 2. The highest BCUT2D eigenvalue weighted by Gasteiger charge is 2.34. The molecule has 1 aliphatic rings. The molecule has 0 unspecified atom stereocenters. The van der Waals surface area contributed by atoms with Crippen molar-refractivity contribution in [2.45, 2.75) is 51.7 Å². The maximum Gasteiger partial charge on any atom is 0.410 e. The standard InChI is InChI=1S/C15H25N3O4/c1-14(2,3)22-13(20)18-9-5-15(4,6-10-18)21-11-12(19)17-8-7-16/h5-6,8-11H2,1-4H3,(H,17,19). The van der Waals surface area contributed by atoms with E-state index >= 15 is 0 Å². The Balaban J connectivity index is 2.38. The number of carbonyl (C=O) groups excluding carboxylic acids is 2. The summed E-state index contributed by atoms with van der Waals surface area (Å²) in [6, 6.07) is 1.84. The van der Waals surface area contributed by atoms with Gasteiger partial charge in [-0.05, 0) is 40.5 Å². The molecule has 0 bridgehead atoms. The number of carbonyl (C=O) groups is 2. The second kappa shape index (κ2) is 7.45. The number of piperidine rings is 1. The molecule has 2 amide bonds. The SMILES string of the molecule is CC(C)(C)OC(=O)N1CCC(C)(OCC(=O)NCC#N)CC1. The average Bonchev–Trinajstić information content (AvgIpc) is 2.42. The first-order valence-electron chi connectivity index (χ1n) is 7.41. The molecule has 0 spiro atoms. The summed E-state index contributed by atoms with van der Waals surface area (Å²) in [5, 5.41) is 10.8. The number of rotatable bonds is 4. The second-order valence-electron chi connectivity index (χ2n) is 6.64. The molecule has 0 aromatic heterocycles. The predicted octanol–water partition coefficient (Wildman–Crippen LogP) is 1.43. The molecular formula is C15H25N3O4. The van der Waals surface area contributed by atoms with Gasteiger partial charge in [-0.3, -0.25) is 4.79 Å². The van der Waals surface area contributed by atoms with Crippen LogP contribution in [0.2, 0.25) is 0 Å². The lowest BCUT2D eigenvalue weighted by Crippen LogP contribution is -2.48. The molecule has 1 saturated heterocycles. The molecule has 0 aliphatic carbocycles. The second-order valence-corrected chi connectivity index (χ2v) is 6.64. The number of likely N-dealkylation sites (tertiary alicyclic amines) is 1. The first kappa shape index (κ1) is 18.2. The van der Waals surface area contributed by atoms with Crippen LogP contribution in [0, 0.1) is 11.3 Å². The van der Waals surface area contributed by atoms with Crippen molar-refractivity contribution < 1.29 is 19.1 Å². The molecule has 1 heterocycles. The molecule has 124 valence electrons. The van der Waals surface area contributed by atoms with Gasteiger partial charge < -0.3 is 19.7 Å². The molecule has 1 rings (SSSR count). The molecule has 1 aliphatic heterocycles. The van der Waals surface area contributed by atoms with E-state index in [-0.39, 0.29) is 25.2 Å². The molecule has 0 radical (unpaired) electrons. The van der Waals surface area contributed by atoms with Gasteiger partial charge in [0.15, 0.2) is 0 Å². The van der Waals surface area contributed by atoms with Crippen molar-refractivity contribution >= 4 is 12.0 Å². The van der Waals surface area contributed by atoms with Gasteiger partial charge in [0.1, 0.15) is 18.8 Å². The Labute approximate surface area is 131 Å². The number of amides is 2. The van der Waals surface area contributed by atoms with Crippen molar-refractivity contribution in [1.29, 1.82) is 5.26 Å². The summed E-state index contributed by atoms with van der Waals surface area (Å²) in [5.74, 6) is -0.308. The highest BCUT2D eigenvalue weighted by atomic mass is 16.6. The lowest BCUT2D eigenvalue weighted by molar-refractivity contribution is -0.135. The van der Waals surface area contributed by atoms with E-state index in [0.29, 0.717) is 25.9 Å². The van der Waals surface area contributed by atoms with Gasteiger partial charge >= 0.3 is 6.09 Å². The molecular weight excluding hydrogens is 286 g/mol. The third-order valence-electron chi connectivity index (χ3n) is 3.39. The average molecular weight is 311 g/mol. The molecule has 22 heavy (non-hydrogen) atoms. The fourth-order valence-corrected chi connectivity index (χ4v) is 2.06. The van der Waals surface area contributed by atoms with E-state index in [9.17, 15) is 9.59 Å². The molecule has 0 aromatic rings. The van der Waals surface area contributed by atoms with Crippen LogP contribution in [0.25, 0.3) is 0 Å². The van der Waals surface area contributed by atoms with Gasteiger partial charge in [-0.15, -0.1) is 0 Å². The largest absolute Gasteiger partial charge is 0.444 e. The summed E-state index contributed by atoms with van der Waals surface area (Å²) < 4.78 is 11.0. The molecule has 7 heteroatoms. The van der Waals surface area contributed by atoms with Crippen molar-refractivity contribution in [3.63, 3.8) is 0 Å². The molecule has 0 saturated carbocycles. The summed E-state index contributed by atoms with van der Waals surface area (Å²) >= 11 is 0. The number of ether oxygens (including phenoxy) is 2. The van der Waals surface area contributed by atoms with E-state index in [0.717, 1.165) is 0 Å². The van der Waals surface area contributed by atoms with E-state index < -0.39 is 11.2 Å². The normalized spacial score (nSPS) is 17.5. The zero-order chi connectivity index (χ0) is 16.8. The van der Waals surface area contributed by atoms with E-state index in [2.05, 4.69) is 5.32 Å². The van der Waals surface area contributed by atoms with Crippen LogP contribution >= 0.6 is 0 Å². The highest BCUT2D eigenvalue weighted by Crippen LogP contribution is 2.26. The van der Waals surface area contributed by atoms with Crippen LogP contribution in [-0.2, 0) is 14.3 Å². The van der Waals surface area contributed by atoms with E-state index in [4.69, 9.17) is 14.7 Å². The topological polar surface area (TPSA) is 91.7 Å². The van der Waals surface area contributed by atoms with Crippen molar-refractivity contribution in [2.24, 2.45) is 0 Å². The zero-order valence-corrected chi connectivity index (χ0v) is 13.8. The van der Waals surface area contributed by atoms with E-state index in [1.54, 1.807) is 4.90 Å². The minimum atomic E-state index is -0.507. The van der Waals surface area contributed by atoms with Gasteiger partial charge in [-0.25, -0.2) is 4.79 Å². The van der Waals surface area contributed by atoms with Gasteiger partial charge in [0, 0.05) is 13.1 Å². The molecule has 1 fully saturated rings. The van der Waals surface area contributed by atoms with Crippen molar-refractivity contribution in [2.75, 3.05) is 26.2 Å². The van der Waals surface area contributed by atoms with Crippen LogP contribution < -0.4 is 5.32 Å². The van der Waals surface area contributed by atoms with Crippen LogP contribution in [0.3, 0.4) is 0 Å². The van der Waals surface area contributed by atoms with Gasteiger partial charge in [-0.2, -0.15) is 5.26 Å². The van der Waals surface area contributed by atoms with Gasteiger partial charge in [-0.1, -0.05) is 0 Å². The number of nitrogens with one attached hydrogen (secondary N) is 1. The van der Waals surface area contributed by atoms with Gasteiger partial charge in [0.2, 0.25) is 5.91 Å². The van der Waals surface area contributed by atoms with E-state index in [1.165, 1.54) is 0 Å². The van der Waals surface area contributed by atoms with Gasteiger partial charge in [0.05, 0.1) is 11.7 Å². The summed E-state index contributed by atoms with van der Waals surface area (Å²) in [6.45, 7) is 8.40. The van der Waals surface area contributed by atoms with Crippen molar-refractivity contribution in [3.05, 3.63) is 0 Å². The fourth-order valence-electron chi connectivity index (χ4n) is 2.06. The first-order valence-corrected chi connectivity index (χ1v) is 7.41. The summed E-state index contributed by atoms with van der Waals surface area (Å²) in [6.07, 6.45) is 0.955. The van der Waals surface area contributed by atoms with Gasteiger partial charge in [0.25, 0.3) is 0 Å². The smallest absolute Gasteiger partial charge is 0.410 e. The van der Waals surface area contributed by atoms with Crippen molar-refractivity contribution in [1.82, 2.24) is 10.2 Å². The van der Waals surface area contributed by atoms with Crippen LogP contribution in [0.1, 0.15) is 40.5 Å². The molecule has 0 aromatic carbocycles. The Kier molecular flexibility index (Phi) is 6.18. The van der Waals surface area contributed by atoms with Crippen molar-refractivity contribution in [3.8, 4) is 6.07 Å². The zero-order valence-electron chi connectivity index (χ0n) is 13.8. The highest BCUT2D eigenvalue weighted by molar-refractivity contribution is 5.77. The lowest BCUT2D eigenvalue weighted by Gasteiger charge is -2.39. The monoisotopic (exact) mass is 311 g/mol. The molecule has 7 nitrogen and oxygen atoms in total. The Morgan fingerprint density at radius 3 is 2.41 bits per heavy atom. The maximum absolute atomic E-state index is 12.0. The third kappa shape index (κ3) is 6.31. The number of hydrogen-bond acceptors (Lipinski definition) is 5. The number of nitriles is 1. The lowest BCUT2D eigenvalue weighted by atomic mass is 9.93. The Bertz CT molecular complexity index is 443. The minimum Gasteiger partial charge on any atom is -0.444 e. The van der Waals surface area contributed by atoms with Crippen LogP contribution in [0.15, 0.2) is 0 Å². The maximum atomic E-state index is 12.0. The first-order chi connectivity index (χ1) is 10.2. The Morgan fingerprint density at radius 2 is 1.91 bits per heavy atom. The Morgan fingerprint density at radius 1 is 1.32 bits per heavy atom. The predicted molar refractivity (Wildman–Crippen MR) is 80.0 cm³/mol. The minimum absolute atomic E-state index is 0.0225. The molecule has 0 atom stereocenters. The fraction of sp³-hybridized carbons (Fsp3) is 0.800. The quantitative estimate of drug-likeness (QED) is 0.793. The summed E-state index contributed by atoms with van der Waals surface area (Å²) in [5.41, 5.74) is -0.949. The summed E-state index contributed by atoms with van der Waals surface area (Å²) in [4.78, 5) is 25.1. The third-order valence-corrected chi connectivity index (χ3v) is 3.39. The summed E-state index contributed by atoms with van der Waals surface area (Å²) in [7, 11) is 0. The Hall–Kier alpha value is -1.81. The molecule has 1 N–H and O–H groups in total. The number of hydrogen-bond donors (Lipinski definition) is 1.